The second-order valence-corrected chi connectivity index (χ2v) is 5.33. The minimum Gasteiger partial charge on any atom is -0.326 e. The zero-order chi connectivity index (χ0) is 13.7. The number of halogens is 1. The Bertz CT molecular complexity index is 549. The molecule has 0 saturated carbocycles. The van der Waals surface area contributed by atoms with E-state index in [9.17, 15) is 4.79 Å². The quantitative estimate of drug-likeness (QED) is 0.863. The molecule has 0 unspecified atom stereocenters. The number of anilines is 1. The van der Waals surface area contributed by atoms with Gasteiger partial charge in [0.15, 0.2) is 18.9 Å². The number of amides is 1. The first-order valence-corrected chi connectivity index (χ1v) is 6.94. The van der Waals surface area contributed by atoms with Gasteiger partial charge in [0.05, 0.1) is 6.42 Å². The predicted octanol–water partition coefficient (Wildman–Crippen LogP) is 3.07. The summed E-state index contributed by atoms with van der Waals surface area (Å²) in [5.41, 5.74) is 2.04. The van der Waals surface area contributed by atoms with Crippen LogP contribution in [0.2, 0.25) is 0 Å². The Kier molecular flexibility index (Phi) is 4.68. The lowest BCUT2D eigenvalue weighted by atomic mass is 10.3. The van der Waals surface area contributed by atoms with Crippen molar-refractivity contribution in [2.45, 2.75) is 19.9 Å². The van der Waals surface area contributed by atoms with E-state index in [4.69, 9.17) is 0 Å². The molecule has 3 nitrogen and oxygen atoms in total. The number of carbonyl (C=O) groups is 1. The Morgan fingerprint density at radius 3 is 2.42 bits per heavy atom. The van der Waals surface area contributed by atoms with Crippen molar-refractivity contribution in [1.82, 2.24) is 0 Å². The number of hydrogen-bond acceptors (Lipinski definition) is 1. The number of aromatic nitrogens is 1. The molecule has 0 spiro atoms. The van der Waals surface area contributed by atoms with E-state index in [0.717, 1.165) is 10.2 Å². The summed E-state index contributed by atoms with van der Waals surface area (Å²) in [6.07, 6.45) is 4.44. The number of nitrogens with zero attached hydrogens (tertiary/aromatic N) is 1. The molecular formula is C15H16BrN2O+. The van der Waals surface area contributed by atoms with Crippen LogP contribution in [0.25, 0.3) is 0 Å². The molecule has 2 rings (SSSR count). The summed E-state index contributed by atoms with van der Waals surface area (Å²) < 4.78 is 3.01. The van der Waals surface area contributed by atoms with Gasteiger partial charge in [0.1, 0.15) is 0 Å². The van der Waals surface area contributed by atoms with Gasteiger partial charge in [-0.25, -0.2) is 4.57 Å². The summed E-state index contributed by atoms with van der Waals surface area (Å²) in [5, 5.41) is 2.88. The molecule has 0 aliphatic heterocycles. The van der Waals surface area contributed by atoms with Crippen molar-refractivity contribution in [3.8, 4) is 0 Å². The third-order valence-corrected chi connectivity index (χ3v) is 3.31. The van der Waals surface area contributed by atoms with Gasteiger partial charge < -0.3 is 5.32 Å². The average Bonchev–Trinajstić information content (AvgIpc) is 2.41. The van der Waals surface area contributed by atoms with Gasteiger partial charge in [-0.3, -0.25) is 4.79 Å². The van der Waals surface area contributed by atoms with Crippen molar-refractivity contribution in [3.63, 3.8) is 0 Å². The number of pyridine rings is 1. The SMILES string of the molecule is Cc1cc[n+](CCC(=O)Nc2ccc(Br)cc2)cc1. The van der Waals surface area contributed by atoms with Crippen LogP contribution in [0.5, 0.6) is 0 Å². The minimum atomic E-state index is 0.0235. The van der Waals surface area contributed by atoms with Gasteiger partial charge in [-0.15, -0.1) is 0 Å². The number of nitrogens with one attached hydrogen (secondary N) is 1. The van der Waals surface area contributed by atoms with Gasteiger partial charge in [-0.2, -0.15) is 0 Å². The lowest BCUT2D eigenvalue weighted by molar-refractivity contribution is -0.695. The van der Waals surface area contributed by atoms with Gasteiger partial charge in [0.2, 0.25) is 5.91 Å². The number of aryl methyl sites for hydroxylation is 2. The lowest BCUT2D eigenvalue weighted by Gasteiger charge is -2.04. The van der Waals surface area contributed by atoms with Gasteiger partial charge in [0.25, 0.3) is 0 Å². The monoisotopic (exact) mass is 319 g/mol. The number of rotatable bonds is 4. The minimum absolute atomic E-state index is 0.0235. The molecule has 1 aromatic carbocycles. The maximum atomic E-state index is 11.8. The molecule has 0 bridgehead atoms. The van der Waals surface area contributed by atoms with Crippen LogP contribution < -0.4 is 9.88 Å². The zero-order valence-electron chi connectivity index (χ0n) is 10.8. The smallest absolute Gasteiger partial charge is 0.230 e. The highest BCUT2D eigenvalue weighted by Gasteiger charge is 2.06. The van der Waals surface area contributed by atoms with E-state index >= 15 is 0 Å². The summed E-state index contributed by atoms with van der Waals surface area (Å²) >= 11 is 3.36. The first-order valence-electron chi connectivity index (χ1n) is 6.14. The molecule has 0 saturated heterocycles. The van der Waals surface area contributed by atoms with Gasteiger partial charge in [-0.05, 0) is 36.8 Å². The van der Waals surface area contributed by atoms with E-state index in [0.29, 0.717) is 13.0 Å². The molecule has 98 valence electrons. The highest BCUT2D eigenvalue weighted by atomic mass is 79.9. The summed E-state index contributed by atoms with van der Waals surface area (Å²) in [7, 11) is 0. The molecule has 1 N–H and O–H groups in total. The second kappa shape index (κ2) is 6.48. The van der Waals surface area contributed by atoms with Crippen molar-refractivity contribution in [1.29, 1.82) is 0 Å². The molecule has 0 atom stereocenters. The molecule has 0 aliphatic rings. The fourth-order valence-electron chi connectivity index (χ4n) is 1.67. The van der Waals surface area contributed by atoms with Crippen LogP contribution in [0.1, 0.15) is 12.0 Å². The predicted molar refractivity (Wildman–Crippen MR) is 78.8 cm³/mol. The van der Waals surface area contributed by atoms with Crippen molar-refractivity contribution in [2.75, 3.05) is 5.32 Å². The standard InChI is InChI=1S/C15H15BrN2O/c1-12-6-9-18(10-7-12)11-8-15(19)17-14-4-2-13(16)3-5-14/h2-7,9-10H,8,11H2,1H3/p+1. The van der Waals surface area contributed by atoms with E-state index in [-0.39, 0.29) is 5.91 Å². The molecule has 4 heteroatoms. The number of benzene rings is 1. The second-order valence-electron chi connectivity index (χ2n) is 4.42. The zero-order valence-corrected chi connectivity index (χ0v) is 12.4. The molecule has 0 radical (unpaired) electrons. The molecule has 1 aromatic heterocycles. The van der Waals surface area contributed by atoms with Crippen LogP contribution in [0.15, 0.2) is 53.3 Å². The van der Waals surface area contributed by atoms with Crippen LogP contribution in [-0.2, 0) is 11.3 Å². The van der Waals surface area contributed by atoms with E-state index in [2.05, 4.69) is 21.2 Å². The lowest BCUT2D eigenvalue weighted by Crippen LogP contribution is -2.34. The molecule has 0 aliphatic carbocycles. The molecule has 1 heterocycles. The van der Waals surface area contributed by atoms with Crippen molar-refractivity contribution < 1.29 is 9.36 Å². The summed E-state index contributed by atoms with van der Waals surface area (Å²) in [5.74, 6) is 0.0235. The normalized spacial score (nSPS) is 10.2. The third-order valence-electron chi connectivity index (χ3n) is 2.78. The van der Waals surface area contributed by atoms with E-state index in [1.165, 1.54) is 5.56 Å². The largest absolute Gasteiger partial charge is 0.326 e. The van der Waals surface area contributed by atoms with Crippen molar-refractivity contribution in [2.24, 2.45) is 0 Å². The molecule has 19 heavy (non-hydrogen) atoms. The molecular weight excluding hydrogens is 304 g/mol. The fraction of sp³-hybridized carbons (Fsp3) is 0.200. The number of hydrogen-bond donors (Lipinski definition) is 1. The van der Waals surface area contributed by atoms with Crippen molar-refractivity contribution in [3.05, 3.63) is 58.8 Å². The Morgan fingerprint density at radius 1 is 1.16 bits per heavy atom. The molecule has 1 amide bonds. The van der Waals surface area contributed by atoms with E-state index in [1.807, 2.05) is 60.3 Å². The van der Waals surface area contributed by atoms with Crippen LogP contribution in [0, 0.1) is 6.92 Å². The third kappa shape index (κ3) is 4.48. The summed E-state index contributed by atoms with van der Waals surface area (Å²) in [6, 6.07) is 11.6. The molecule has 2 aromatic rings. The van der Waals surface area contributed by atoms with E-state index < -0.39 is 0 Å². The highest BCUT2D eigenvalue weighted by molar-refractivity contribution is 9.10. The van der Waals surface area contributed by atoms with Gasteiger partial charge in [0, 0.05) is 22.3 Å². The van der Waals surface area contributed by atoms with E-state index in [1.54, 1.807) is 0 Å². The first-order chi connectivity index (χ1) is 9.13. The summed E-state index contributed by atoms with van der Waals surface area (Å²) in [4.78, 5) is 11.8. The Hall–Kier alpha value is -1.68. The average molecular weight is 320 g/mol. The first kappa shape index (κ1) is 13.7. The maximum absolute atomic E-state index is 11.8. The maximum Gasteiger partial charge on any atom is 0.230 e. The fourth-order valence-corrected chi connectivity index (χ4v) is 1.93. The topological polar surface area (TPSA) is 33.0 Å². The van der Waals surface area contributed by atoms with Crippen LogP contribution in [0.4, 0.5) is 5.69 Å². The molecule has 0 fully saturated rings. The Labute approximate surface area is 121 Å². The van der Waals surface area contributed by atoms with Crippen LogP contribution in [-0.4, -0.2) is 5.91 Å². The van der Waals surface area contributed by atoms with Crippen molar-refractivity contribution >= 4 is 27.5 Å². The Morgan fingerprint density at radius 2 is 1.79 bits per heavy atom. The van der Waals surface area contributed by atoms with Gasteiger partial charge >= 0.3 is 0 Å². The van der Waals surface area contributed by atoms with Crippen LogP contribution >= 0.6 is 15.9 Å². The summed E-state index contributed by atoms with van der Waals surface area (Å²) in [6.45, 7) is 2.73. The van der Waals surface area contributed by atoms with Crippen LogP contribution in [0.3, 0.4) is 0 Å². The Balaban J connectivity index is 1.84. The highest BCUT2D eigenvalue weighted by Crippen LogP contribution is 2.14. The number of carbonyl (C=O) groups excluding carboxylic acids is 1. The van der Waals surface area contributed by atoms with Gasteiger partial charge in [-0.1, -0.05) is 15.9 Å².